The summed E-state index contributed by atoms with van der Waals surface area (Å²) in [5.41, 5.74) is 0.830. The van der Waals surface area contributed by atoms with Crippen molar-refractivity contribution in [1.82, 2.24) is 4.90 Å². The van der Waals surface area contributed by atoms with Gasteiger partial charge in [0, 0.05) is 11.6 Å². The topological polar surface area (TPSA) is 66.8 Å². The van der Waals surface area contributed by atoms with Crippen molar-refractivity contribution in [3.8, 4) is 0 Å². The molecule has 114 valence electrons. The fraction of sp³-hybridized carbons (Fsp3) is 0.467. The Balaban J connectivity index is 1.90. The Labute approximate surface area is 128 Å². The van der Waals surface area contributed by atoms with Gasteiger partial charge in [-0.2, -0.15) is 0 Å². The summed E-state index contributed by atoms with van der Waals surface area (Å²) < 4.78 is 5.33. The second kappa shape index (κ2) is 7.43. The number of carbonyl (C=O) groups is 2. The van der Waals surface area contributed by atoms with Gasteiger partial charge in [0.25, 0.3) is 0 Å². The van der Waals surface area contributed by atoms with Crippen molar-refractivity contribution in [2.45, 2.75) is 19.4 Å². The van der Waals surface area contributed by atoms with E-state index in [1.807, 2.05) is 0 Å². The summed E-state index contributed by atoms with van der Waals surface area (Å²) >= 11 is 5.80. The molecule has 1 aliphatic carbocycles. The van der Waals surface area contributed by atoms with E-state index in [0.29, 0.717) is 17.5 Å². The van der Waals surface area contributed by atoms with E-state index in [-0.39, 0.29) is 25.6 Å². The molecule has 5 nitrogen and oxygen atoms in total. The molecule has 1 N–H and O–H groups in total. The smallest absolute Gasteiger partial charge is 0.323 e. The molecule has 1 fully saturated rings. The van der Waals surface area contributed by atoms with Gasteiger partial charge in [0.2, 0.25) is 5.91 Å². The number of hydrogen-bond acceptors (Lipinski definition) is 3. The predicted octanol–water partition coefficient (Wildman–Crippen LogP) is 2.18. The second-order valence-electron chi connectivity index (χ2n) is 5.23. The van der Waals surface area contributed by atoms with Gasteiger partial charge in [-0.25, -0.2) is 0 Å². The van der Waals surface area contributed by atoms with E-state index in [4.69, 9.17) is 21.4 Å². The third-order valence-electron chi connectivity index (χ3n) is 3.24. The fourth-order valence-corrected chi connectivity index (χ4v) is 2.02. The summed E-state index contributed by atoms with van der Waals surface area (Å²) in [5.74, 6) is -0.783. The Morgan fingerprint density at radius 2 is 1.95 bits per heavy atom. The minimum atomic E-state index is -1.04. The zero-order chi connectivity index (χ0) is 15.2. The van der Waals surface area contributed by atoms with E-state index in [9.17, 15) is 9.59 Å². The first kappa shape index (κ1) is 15.8. The highest BCUT2D eigenvalue weighted by atomic mass is 35.5. The number of halogens is 1. The molecule has 0 atom stereocenters. The Kier molecular flexibility index (Phi) is 5.59. The largest absolute Gasteiger partial charge is 0.480 e. The van der Waals surface area contributed by atoms with E-state index in [0.717, 1.165) is 18.4 Å². The van der Waals surface area contributed by atoms with Crippen LogP contribution in [0, 0.1) is 5.92 Å². The minimum Gasteiger partial charge on any atom is -0.480 e. The summed E-state index contributed by atoms with van der Waals surface area (Å²) in [5, 5.41) is 9.52. The van der Waals surface area contributed by atoms with Crippen molar-refractivity contribution in [1.29, 1.82) is 0 Å². The highest BCUT2D eigenvalue weighted by molar-refractivity contribution is 6.30. The number of carboxylic acids is 1. The van der Waals surface area contributed by atoms with Gasteiger partial charge < -0.3 is 14.7 Å². The van der Waals surface area contributed by atoms with E-state index >= 15 is 0 Å². The molecule has 0 spiro atoms. The molecule has 1 aromatic rings. The van der Waals surface area contributed by atoms with Gasteiger partial charge in [-0.05, 0) is 36.5 Å². The van der Waals surface area contributed by atoms with Crippen LogP contribution in [0.1, 0.15) is 18.4 Å². The summed E-state index contributed by atoms with van der Waals surface area (Å²) in [6.45, 7) is 0.397. The molecule has 6 heteroatoms. The fourth-order valence-electron chi connectivity index (χ4n) is 1.89. The maximum absolute atomic E-state index is 12.1. The van der Waals surface area contributed by atoms with E-state index < -0.39 is 5.97 Å². The highest BCUT2D eigenvalue weighted by Crippen LogP contribution is 2.28. The lowest BCUT2D eigenvalue weighted by Crippen LogP contribution is -2.37. The molecule has 1 aromatic carbocycles. The Morgan fingerprint density at radius 1 is 1.29 bits per heavy atom. The van der Waals surface area contributed by atoms with Crippen LogP contribution >= 0.6 is 11.6 Å². The molecule has 2 rings (SSSR count). The van der Waals surface area contributed by atoms with Crippen LogP contribution in [0.15, 0.2) is 24.3 Å². The maximum atomic E-state index is 12.1. The first-order chi connectivity index (χ1) is 10.0. The van der Waals surface area contributed by atoms with Crippen LogP contribution in [0.2, 0.25) is 5.02 Å². The zero-order valence-corrected chi connectivity index (χ0v) is 12.4. The Morgan fingerprint density at radius 3 is 2.52 bits per heavy atom. The average molecular weight is 312 g/mol. The van der Waals surface area contributed by atoms with Gasteiger partial charge in [0.05, 0.1) is 6.61 Å². The number of benzene rings is 1. The van der Waals surface area contributed by atoms with Gasteiger partial charge in [-0.3, -0.25) is 9.59 Å². The Hall–Kier alpha value is -1.59. The molecule has 0 aromatic heterocycles. The number of ether oxygens (including phenoxy) is 1. The highest BCUT2D eigenvalue weighted by Gasteiger charge is 2.23. The number of amides is 1. The van der Waals surface area contributed by atoms with E-state index in [1.165, 1.54) is 4.90 Å². The molecule has 21 heavy (non-hydrogen) atoms. The quantitative estimate of drug-likeness (QED) is 0.799. The van der Waals surface area contributed by atoms with Crippen molar-refractivity contribution < 1.29 is 19.4 Å². The van der Waals surface area contributed by atoms with Gasteiger partial charge >= 0.3 is 5.97 Å². The van der Waals surface area contributed by atoms with Crippen LogP contribution in [-0.2, 0) is 20.9 Å². The second-order valence-corrected chi connectivity index (χ2v) is 5.66. The molecule has 1 amide bonds. The summed E-state index contributed by atoms with van der Waals surface area (Å²) in [6.07, 6.45) is 2.30. The third kappa shape index (κ3) is 5.73. The summed E-state index contributed by atoms with van der Waals surface area (Å²) in [7, 11) is 0. The van der Waals surface area contributed by atoms with Crippen LogP contribution in [-0.4, -0.2) is 41.6 Å². The minimum absolute atomic E-state index is 0.0721. The lowest BCUT2D eigenvalue weighted by atomic mass is 10.2. The van der Waals surface area contributed by atoms with Crippen molar-refractivity contribution >= 4 is 23.5 Å². The number of rotatable bonds is 8. The molecule has 0 bridgehead atoms. The number of carboxylic acid groups (broad SMARTS) is 1. The van der Waals surface area contributed by atoms with Crippen LogP contribution in [0.5, 0.6) is 0 Å². The molecular formula is C15H18ClNO4. The van der Waals surface area contributed by atoms with E-state index in [1.54, 1.807) is 24.3 Å². The van der Waals surface area contributed by atoms with Gasteiger partial charge in [-0.1, -0.05) is 23.7 Å². The van der Waals surface area contributed by atoms with Gasteiger partial charge in [-0.15, -0.1) is 0 Å². The van der Waals surface area contributed by atoms with Crippen molar-refractivity contribution in [3.05, 3.63) is 34.9 Å². The molecule has 1 aliphatic rings. The monoisotopic (exact) mass is 311 g/mol. The van der Waals surface area contributed by atoms with Crippen LogP contribution in [0.3, 0.4) is 0 Å². The van der Waals surface area contributed by atoms with Gasteiger partial charge in [0.1, 0.15) is 13.2 Å². The lowest BCUT2D eigenvalue weighted by Gasteiger charge is -2.21. The van der Waals surface area contributed by atoms with Crippen LogP contribution in [0.25, 0.3) is 0 Å². The van der Waals surface area contributed by atoms with Crippen LogP contribution < -0.4 is 0 Å². The first-order valence-corrected chi connectivity index (χ1v) is 7.24. The van der Waals surface area contributed by atoms with Crippen LogP contribution in [0.4, 0.5) is 0 Å². The predicted molar refractivity (Wildman–Crippen MR) is 78.0 cm³/mol. The molecule has 1 saturated carbocycles. The van der Waals surface area contributed by atoms with Crippen molar-refractivity contribution in [3.63, 3.8) is 0 Å². The normalized spacial score (nSPS) is 14.0. The SMILES string of the molecule is O=C(O)CN(Cc1ccc(Cl)cc1)C(=O)COCC1CC1. The third-order valence-corrected chi connectivity index (χ3v) is 3.49. The molecule has 0 heterocycles. The molecular weight excluding hydrogens is 294 g/mol. The van der Waals surface area contributed by atoms with Gasteiger partial charge in [0.15, 0.2) is 0 Å². The van der Waals surface area contributed by atoms with Crippen molar-refractivity contribution in [2.75, 3.05) is 19.8 Å². The van der Waals surface area contributed by atoms with Crippen molar-refractivity contribution in [2.24, 2.45) is 5.92 Å². The number of hydrogen-bond donors (Lipinski definition) is 1. The molecule has 0 radical (unpaired) electrons. The average Bonchev–Trinajstić information content (AvgIpc) is 3.24. The summed E-state index contributed by atoms with van der Waals surface area (Å²) in [4.78, 5) is 24.2. The number of carbonyl (C=O) groups excluding carboxylic acids is 1. The molecule has 0 unspecified atom stereocenters. The standard InChI is InChI=1S/C15H18ClNO4/c16-13-5-3-11(4-6-13)7-17(8-15(19)20)14(18)10-21-9-12-1-2-12/h3-6,12H,1-2,7-10H2,(H,19,20). The summed E-state index contributed by atoms with van der Waals surface area (Å²) in [6, 6.07) is 6.97. The Bertz CT molecular complexity index is 499. The zero-order valence-electron chi connectivity index (χ0n) is 11.6. The molecule has 0 aliphatic heterocycles. The van der Waals surface area contributed by atoms with E-state index in [2.05, 4.69) is 0 Å². The lowest BCUT2D eigenvalue weighted by molar-refractivity contribution is -0.147. The number of nitrogens with zero attached hydrogens (tertiary/aromatic N) is 1. The molecule has 0 saturated heterocycles. The number of aliphatic carboxylic acids is 1. The first-order valence-electron chi connectivity index (χ1n) is 6.86. The maximum Gasteiger partial charge on any atom is 0.323 e.